The number of aromatic nitrogens is 3. The van der Waals surface area contributed by atoms with Crippen molar-refractivity contribution in [1.82, 2.24) is 14.8 Å². The molecule has 0 amide bonds. The summed E-state index contributed by atoms with van der Waals surface area (Å²) < 4.78 is 1.30. The Labute approximate surface area is 157 Å². The van der Waals surface area contributed by atoms with E-state index in [1.165, 1.54) is 53.7 Å². The van der Waals surface area contributed by atoms with Crippen molar-refractivity contribution in [2.75, 3.05) is 0 Å². The first kappa shape index (κ1) is 17.8. The standard InChI is InChI=1S/C17H10Cl2N4O3/c18-12-3-6-14(15(19)8-12)17(24)16(22-10-20-9-21-22)7-11-1-4-13(5-2-11)23(25)26/h1-10H/b16-7+. The van der Waals surface area contributed by atoms with E-state index in [-0.39, 0.29) is 22.0 Å². The van der Waals surface area contributed by atoms with E-state index in [9.17, 15) is 14.9 Å². The van der Waals surface area contributed by atoms with Crippen LogP contribution in [-0.4, -0.2) is 25.5 Å². The van der Waals surface area contributed by atoms with Gasteiger partial charge in [-0.25, -0.2) is 9.67 Å². The molecule has 0 fully saturated rings. The highest BCUT2D eigenvalue weighted by atomic mass is 35.5. The lowest BCUT2D eigenvalue weighted by molar-refractivity contribution is -0.384. The van der Waals surface area contributed by atoms with Gasteiger partial charge in [-0.15, -0.1) is 0 Å². The summed E-state index contributed by atoms with van der Waals surface area (Å²) in [5.41, 5.74) is 0.969. The van der Waals surface area contributed by atoms with Gasteiger partial charge in [0.15, 0.2) is 0 Å². The molecule has 3 aromatic rings. The second-order valence-corrected chi connectivity index (χ2v) is 6.02. The lowest BCUT2D eigenvalue weighted by atomic mass is 10.1. The third kappa shape index (κ3) is 3.79. The minimum absolute atomic E-state index is 0.0449. The third-order valence-corrected chi connectivity index (χ3v) is 4.03. The molecule has 1 aromatic heterocycles. The minimum atomic E-state index is -0.496. The Morgan fingerprint density at radius 2 is 1.88 bits per heavy atom. The largest absolute Gasteiger partial charge is 0.287 e. The van der Waals surface area contributed by atoms with Gasteiger partial charge in [0.25, 0.3) is 5.69 Å². The van der Waals surface area contributed by atoms with Gasteiger partial charge < -0.3 is 0 Å². The molecule has 130 valence electrons. The third-order valence-electron chi connectivity index (χ3n) is 3.48. The molecule has 0 spiro atoms. The van der Waals surface area contributed by atoms with Crippen LogP contribution in [0.2, 0.25) is 10.0 Å². The number of rotatable bonds is 5. The Balaban J connectivity index is 2.05. The number of nitro groups is 1. The number of halogens is 2. The molecule has 0 saturated carbocycles. The fourth-order valence-corrected chi connectivity index (χ4v) is 2.72. The van der Waals surface area contributed by atoms with E-state index in [2.05, 4.69) is 10.1 Å². The quantitative estimate of drug-likeness (QED) is 0.280. The fourth-order valence-electron chi connectivity index (χ4n) is 2.23. The maximum atomic E-state index is 13.0. The van der Waals surface area contributed by atoms with Crippen LogP contribution in [0.3, 0.4) is 0 Å². The van der Waals surface area contributed by atoms with Gasteiger partial charge in [-0.05, 0) is 42.0 Å². The maximum absolute atomic E-state index is 13.0. The normalized spacial score (nSPS) is 11.4. The molecule has 0 atom stereocenters. The predicted octanol–water partition coefficient (Wildman–Crippen LogP) is 4.37. The summed E-state index contributed by atoms with van der Waals surface area (Å²) >= 11 is 12.0. The Morgan fingerprint density at radius 1 is 1.15 bits per heavy atom. The van der Waals surface area contributed by atoms with Crippen molar-refractivity contribution in [2.45, 2.75) is 0 Å². The molecule has 2 aromatic carbocycles. The number of nitrogens with zero attached hydrogens (tertiary/aromatic N) is 4. The van der Waals surface area contributed by atoms with Crippen molar-refractivity contribution < 1.29 is 9.72 Å². The highest BCUT2D eigenvalue weighted by molar-refractivity contribution is 6.40. The number of Topliss-reactive ketones (excluding diaryl/α,β-unsaturated/α-hetero) is 1. The van der Waals surface area contributed by atoms with Gasteiger partial charge >= 0.3 is 0 Å². The Kier molecular flexibility index (Phi) is 5.11. The Morgan fingerprint density at radius 3 is 2.46 bits per heavy atom. The van der Waals surface area contributed by atoms with Crippen LogP contribution in [0.25, 0.3) is 11.8 Å². The number of non-ortho nitro benzene ring substituents is 1. The van der Waals surface area contributed by atoms with Gasteiger partial charge in [0.05, 0.1) is 9.95 Å². The van der Waals surface area contributed by atoms with Crippen molar-refractivity contribution in [1.29, 1.82) is 0 Å². The van der Waals surface area contributed by atoms with Crippen LogP contribution < -0.4 is 0 Å². The molecule has 7 nitrogen and oxygen atoms in total. The van der Waals surface area contributed by atoms with E-state index in [0.29, 0.717) is 10.6 Å². The first-order valence-electron chi connectivity index (χ1n) is 7.26. The van der Waals surface area contributed by atoms with E-state index >= 15 is 0 Å². The van der Waals surface area contributed by atoms with Crippen LogP contribution in [0.1, 0.15) is 15.9 Å². The van der Waals surface area contributed by atoms with Crippen LogP contribution in [-0.2, 0) is 0 Å². The summed E-state index contributed by atoms with van der Waals surface area (Å²) in [6.07, 6.45) is 4.21. The van der Waals surface area contributed by atoms with Crippen molar-refractivity contribution >= 4 is 46.4 Å². The van der Waals surface area contributed by atoms with Gasteiger partial charge in [-0.1, -0.05) is 23.2 Å². The van der Waals surface area contributed by atoms with Crippen molar-refractivity contribution in [3.63, 3.8) is 0 Å². The number of hydrogen-bond acceptors (Lipinski definition) is 5. The van der Waals surface area contributed by atoms with Crippen molar-refractivity contribution in [3.05, 3.63) is 86.4 Å². The lowest BCUT2D eigenvalue weighted by Crippen LogP contribution is -2.10. The molecule has 0 aliphatic carbocycles. The fraction of sp³-hybridized carbons (Fsp3) is 0. The van der Waals surface area contributed by atoms with Gasteiger partial charge in [-0.3, -0.25) is 14.9 Å². The van der Waals surface area contributed by atoms with Crippen molar-refractivity contribution in [3.8, 4) is 0 Å². The maximum Gasteiger partial charge on any atom is 0.269 e. The molecule has 1 heterocycles. The smallest absolute Gasteiger partial charge is 0.269 e. The topological polar surface area (TPSA) is 90.9 Å². The molecule has 3 rings (SSSR count). The molecule has 0 radical (unpaired) electrons. The molecule has 0 aliphatic heterocycles. The second kappa shape index (κ2) is 7.47. The zero-order valence-corrected chi connectivity index (χ0v) is 14.6. The number of nitro benzene ring substituents is 1. The average molecular weight is 389 g/mol. The lowest BCUT2D eigenvalue weighted by Gasteiger charge is -2.08. The van der Waals surface area contributed by atoms with E-state index in [1.807, 2.05) is 0 Å². The van der Waals surface area contributed by atoms with Gasteiger partial charge in [-0.2, -0.15) is 5.10 Å². The molecular weight excluding hydrogens is 379 g/mol. The zero-order valence-electron chi connectivity index (χ0n) is 13.0. The van der Waals surface area contributed by atoms with Crippen LogP contribution in [0.15, 0.2) is 55.1 Å². The molecule has 26 heavy (non-hydrogen) atoms. The molecule has 0 saturated heterocycles. The monoisotopic (exact) mass is 388 g/mol. The summed E-state index contributed by atoms with van der Waals surface area (Å²) in [5.74, 6) is -0.393. The first-order chi connectivity index (χ1) is 12.5. The number of hydrogen-bond donors (Lipinski definition) is 0. The summed E-state index contributed by atoms with van der Waals surface area (Å²) in [6, 6.07) is 10.3. The second-order valence-electron chi connectivity index (χ2n) is 5.17. The molecule has 0 bridgehead atoms. The number of carbonyl (C=O) groups excluding carboxylic acids is 1. The molecule has 9 heteroatoms. The Bertz CT molecular complexity index is 999. The van der Waals surface area contributed by atoms with E-state index in [1.54, 1.807) is 12.1 Å². The molecule has 0 aliphatic rings. The average Bonchev–Trinajstić information content (AvgIpc) is 3.14. The van der Waals surface area contributed by atoms with Gasteiger partial charge in [0.2, 0.25) is 5.78 Å². The van der Waals surface area contributed by atoms with Crippen LogP contribution in [0.5, 0.6) is 0 Å². The predicted molar refractivity (Wildman–Crippen MR) is 98.1 cm³/mol. The van der Waals surface area contributed by atoms with Crippen molar-refractivity contribution in [2.24, 2.45) is 0 Å². The highest BCUT2D eigenvalue weighted by Crippen LogP contribution is 2.26. The summed E-state index contributed by atoms with van der Waals surface area (Å²) in [7, 11) is 0. The Hall–Kier alpha value is -3.03. The number of ketones is 1. The summed E-state index contributed by atoms with van der Waals surface area (Å²) in [5, 5.41) is 15.4. The number of benzene rings is 2. The first-order valence-corrected chi connectivity index (χ1v) is 8.02. The number of carbonyl (C=O) groups is 1. The van der Waals surface area contributed by atoms with Gasteiger partial charge in [0.1, 0.15) is 18.4 Å². The van der Waals surface area contributed by atoms with Crippen LogP contribution in [0.4, 0.5) is 5.69 Å². The molecular formula is C17H10Cl2N4O3. The summed E-state index contributed by atoms with van der Waals surface area (Å²) in [6.45, 7) is 0. The number of allylic oxidation sites excluding steroid dienone is 1. The summed E-state index contributed by atoms with van der Waals surface area (Å²) in [4.78, 5) is 27.1. The molecule has 0 unspecified atom stereocenters. The molecule has 0 N–H and O–H groups in total. The van der Waals surface area contributed by atoms with Crippen LogP contribution >= 0.6 is 23.2 Å². The SMILES string of the molecule is O=C(/C(=C\c1ccc([N+](=O)[O-])cc1)n1cncn1)c1ccc(Cl)cc1Cl. The minimum Gasteiger partial charge on any atom is -0.287 e. The van der Waals surface area contributed by atoms with Gasteiger partial charge in [0, 0.05) is 22.7 Å². The van der Waals surface area contributed by atoms with E-state index in [0.717, 1.165) is 0 Å². The van der Waals surface area contributed by atoms with E-state index < -0.39 is 10.7 Å². The zero-order chi connectivity index (χ0) is 18.7. The van der Waals surface area contributed by atoms with Crippen LogP contribution in [0, 0.1) is 10.1 Å². The highest BCUT2D eigenvalue weighted by Gasteiger charge is 2.18. The van der Waals surface area contributed by atoms with E-state index in [4.69, 9.17) is 23.2 Å².